The quantitative estimate of drug-likeness (QED) is 0.463. The van der Waals surface area contributed by atoms with E-state index in [0.29, 0.717) is 6.54 Å². The molecule has 20 heavy (non-hydrogen) atoms. The third-order valence-corrected chi connectivity index (χ3v) is 2.58. The second-order valence-corrected chi connectivity index (χ2v) is 4.54. The summed E-state index contributed by atoms with van der Waals surface area (Å²) in [6.07, 6.45) is 0.793. The number of benzene rings is 1. The maximum absolute atomic E-state index is 11.6. The number of urea groups is 1. The molecule has 0 aliphatic carbocycles. The maximum atomic E-state index is 11.6. The van der Waals surface area contributed by atoms with E-state index in [-0.39, 0.29) is 11.3 Å². The minimum Gasteiger partial charge on any atom is -0.505 e. The molecule has 0 aliphatic heterocycles. The molecule has 0 aliphatic rings. The highest BCUT2D eigenvalue weighted by atomic mass is 16.4. The molecule has 1 rings (SSSR count). The lowest BCUT2D eigenvalue weighted by atomic mass is 10.2. The standard InChI is InChI=1S/C13H19N3O4/c1-16(2)8-4-7-14-13(20)15-10-6-3-5-9(11(10)17)12(18)19/h3,5-6,17H,4,7-8H2,1-2H3,(H,18,19)(H2,14,15,20). The van der Waals surface area contributed by atoms with Crippen LogP contribution in [0.1, 0.15) is 16.8 Å². The van der Waals surface area contributed by atoms with E-state index in [2.05, 4.69) is 10.6 Å². The monoisotopic (exact) mass is 281 g/mol. The Hall–Kier alpha value is -2.28. The highest BCUT2D eigenvalue weighted by Crippen LogP contribution is 2.27. The molecule has 0 saturated carbocycles. The number of aromatic carboxylic acids is 1. The number of carbonyl (C=O) groups excluding carboxylic acids is 1. The number of nitrogens with one attached hydrogen (secondary N) is 2. The summed E-state index contributed by atoms with van der Waals surface area (Å²) < 4.78 is 0. The first kappa shape index (κ1) is 15.8. The average molecular weight is 281 g/mol. The zero-order valence-electron chi connectivity index (χ0n) is 11.5. The van der Waals surface area contributed by atoms with Crippen LogP contribution in [0.15, 0.2) is 18.2 Å². The molecule has 0 radical (unpaired) electrons. The van der Waals surface area contributed by atoms with Crippen molar-refractivity contribution in [3.63, 3.8) is 0 Å². The lowest BCUT2D eigenvalue weighted by Crippen LogP contribution is -2.31. The molecule has 0 fully saturated rings. The van der Waals surface area contributed by atoms with Gasteiger partial charge in [0.1, 0.15) is 5.56 Å². The third-order valence-electron chi connectivity index (χ3n) is 2.58. The molecular weight excluding hydrogens is 262 g/mol. The molecule has 0 atom stereocenters. The van der Waals surface area contributed by atoms with Gasteiger partial charge in [-0.2, -0.15) is 0 Å². The van der Waals surface area contributed by atoms with Crippen LogP contribution in [0, 0.1) is 0 Å². The van der Waals surface area contributed by atoms with Gasteiger partial charge in [-0.15, -0.1) is 0 Å². The van der Waals surface area contributed by atoms with Crippen molar-refractivity contribution in [3.05, 3.63) is 23.8 Å². The van der Waals surface area contributed by atoms with Gasteiger partial charge in [-0.05, 0) is 39.2 Å². The molecule has 0 aromatic heterocycles. The first-order valence-corrected chi connectivity index (χ1v) is 6.16. The van der Waals surface area contributed by atoms with Gasteiger partial charge < -0.3 is 25.7 Å². The molecule has 0 spiro atoms. The highest BCUT2D eigenvalue weighted by Gasteiger charge is 2.14. The smallest absolute Gasteiger partial charge is 0.339 e. The lowest BCUT2D eigenvalue weighted by Gasteiger charge is -2.12. The Kier molecular flexibility index (Phi) is 5.79. The molecule has 7 nitrogen and oxygen atoms in total. The van der Waals surface area contributed by atoms with Gasteiger partial charge >= 0.3 is 12.0 Å². The van der Waals surface area contributed by atoms with E-state index in [4.69, 9.17) is 5.11 Å². The van der Waals surface area contributed by atoms with Crippen LogP contribution in [-0.4, -0.2) is 54.3 Å². The average Bonchev–Trinajstić information content (AvgIpc) is 2.36. The third kappa shape index (κ3) is 4.77. The second kappa shape index (κ2) is 7.34. The van der Waals surface area contributed by atoms with Gasteiger partial charge in [0.15, 0.2) is 5.75 Å². The number of amides is 2. The number of hydrogen-bond donors (Lipinski definition) is 4. The summed E-state index contributed by atoms with van der Waals surface area (Å²) in [6, 6.07) is 3.66. The number of aromatic hydroxyl groups is 1. The summed E-state index contributed by atoms with van der Waals surface area (Å²) in [4.78, 5) is 24.4. The summed E-state index contributed by atoms with van der Waals surface area (Å²) in [5, 5.41) is 23.6. The van der Waals surface area contributed by atoms with E-state index in [1.807, 2.05) is 19.0 Å². The number of anilines is 1. The van der Waals surface area contributed by atoms with E-state index in [0.717, 1.165) is 13.0 Å². The first-order chi connectivity index (χ1) is 9.41. The summed E-state index contributed by atoms with van der Waals surface area (Å²) >= 11 is 0. The van der Waals surface area contributed by atoms with Crippen LogP contribution in [0.25, 0.3) is 0 Å². The fourth-order valence-corrected chi connectivity index (χ4v) is 1.58. The van der Waals surface area contributed by atoms with Crippen molar-refractivity contribution in [1.29, 1.82) is 0 Å². The molecular formula is C13H19N3O4. The fourth-order valence-electron chi connectivity index (χ4n) is 1.58. The van der Waals surface area contributed by atoms with Crippen molar-refractivity contribution >= 4 is 17.7 Å². The van der Waals surface area contributed by atoms with Gasteiger partial charge in [0.25, 0.3) is 0 Å². The molecule has 1 aromatic rings. The van der Waals surface area contributed by atoms with E-state index in [9.17, 15) is 14.7 Å². The number of carboxylic acid groups (broad SMARTS) is 1. The Morgan fingerprint density at radius 1 is 1.30 bits per heavy atom. The zero-order chi connectivity index (χ0) is 15.1. The van der Waals surface area contributed by atoms with Crippen molar-refractivity contribution in [2.45, 2.75) is 6.42 Å². The van der Waals surface area contributed by atoms with Crippen molar-refractivity contribution in [2.24, 2.45) is 0 Å². The predicted molar refractivity (Wildman–Crippen MR) is 75.3 cm³/mol. The Labute approximate surface area is 117 Å². The number of rotatable bonds is 6. The second-order valence-electron chi connectivity index (χ2n) is 4.54. The van der Waals surface area contributed by atoms with Crippen LogP contribution in [0.5, 0.6) is 5.75 Å². The number of carboxylic acids is 1. The Bertz CT molecular complexity index is 489. The number of nitrogens with zero attached hydrogens (tertiary/aromatic N) is 1. The predicted octanol–water partition coefficient (Wildman–Crippen LogP) is 1.16. The molecule has 4 N–H and O–H groups in total. The molecule has 0 saturated heterocycles. The SMILES string of the molecule is CN(C)CCCNC(=O)Nc1cccc(C(=O)O)c1O. The summed E-state index contributed by atoms with van der Waals surface area (Å²) in [6.45, 7) is 1.34. The number of para-hydroxylation sites is 1. The molecule has 7 heteroatoms. The van der Waals surface area contributed by atoms with Crippen LogP contribution in [0.2, 0.25) is 0 Å². The van der Waals surface area contributed by atoms with Gasteiger partial charge in [-0.1, -0.05) is 6.07 Å². The summed E-state index contributed by atoms with van der Waals surface area (Å²) in [7, 11) is 3.88. The molecule has 2 amide bonds. The van der Waals surface area contributed by atoms with E-state index in [1.54, 1.807) is 0 Å². The molecule has 1 aromatic carbocycles. The van der Waals surface area contributed by atoms with Crippen LogP contribution < -0.4 is 10.6 Å². The summed E-state index contributed by atoms with van der Waals surface area (Å²) in [5.74, 6) is -1.71. The highest BCUT2D eigenvalue weighted by molar-refractivity contribution is 5.97. The van der Waals surface area contributed by atoms with Crippen LogP contribution in [0.4, 0.5) is 10.5 Å². The van der Waals surface area contributed by atoms with E-state index >= 15 is 0 Å². The zero-order valence-corrected chi connectivity index (χ0v) is 11.5. The Morgan fingerprint density at radius 3 is 2.60 bits per heavy atom. The molecule has 0 heterocycles. The van der Waals surface area contributed by atoms with Gasteiger partial charge in [-0.25, -0.2) is 9.59 Å². The Morgan fingerprint density at radius 2 is 2.00 bits per heavy atom. The summed E-state index contributed by atoms with van der Waals surface area (Å²) in [5.41, 5.74) is -0.189. The topological polar surface area (TPSA) is 102 Å². The minimum atomic E-state index is -1.25. The maximum Gasteiger partial charge on any atom is 0.339 e. The van der Waals surface area contributed by atoms with Crippen molar-refractivity contribution in [3.8, 4) is 5.75 Å². The number of hydrogen-bond acceptors (Lipinski definition) is 4. The van der Waals surface area contributed by atoms with E-state index in [1.165, 1.54) is 18.2 Å². The first-order valence-electron chi connectivity index (χ1n) is 6.16. The van der Waals surface area contributed by atoms with Gasteiger partial charge in [0.2, 0.25) is 0 Å². The largest absolute Gasteiger partial charge is 0.505 e. The van der Waals surface area contributed by atoms with Gasteiger partial charge in [0, 0.05) is 6.54 Å². The lowest BCUT2D eigenvalue weighted by molar-refractivity contribution is 0.0693. The number of carbonyl (C=O) groups is 2. The number of phenols is 1. The Balaban J connectivity index is 2.54. The normalized spacial score (nSPS) is 10.3. The van der Waals surface area contributed by atoms with Gasteiger partial charge in [-0.3, -0.25) is 0 Å². The molecule has 0 unspecified atom stereocenters. The van der Waals surface area contributed by atoms with Gasteiger partial charge in [0.05, 0.1) is 5.69 Å². The molecule has 110 valence electrons. The fraction of sp³-hybridized carbons (Fsp3) is 0.385. The van der Waals surface area contributed by atoms with Crippen molar-refractivity contribution in [1.82, 2.24) is 10.2 Å². The van der Waals surface area contributed by atoms with Crippen molar-refractivity contribution < 1.29 is 19.8 Å². The van der Waals surface area contributed by atoms with Crippen LogP contribution in [0.3, 0.4) is 0 Å². The van der Waals surface area contributed by atoms with Crippen LogP contribution >= 0.6 is 0 Å². The van der Waals surface area contributed by atoms with Crippen molar-refractivity contribution in [2.75, 3.05) is 32.5 Å². The molecule has 0 bridgehead atoms. The van der Waals surface area contributed by atoms with E-state index < -0.39 is 17.7 Å². The van der Waals surface area contributed by atoms with Crippen LogP contribution in [-0.2, 0) is 0 Å². The minimum absolute atomic E-state index is 0.0648.